The Morgan fingerprint density at radius 1 is 1.00 bits per heavy atom. The number of amides is 1. The summed E-state index contributed by atoms with van der Waals surface area (Å²) < 4.78 is 5.73. The molecule has 0 saturated carbocycles. The summed E-state index contributed by atoms with van der Waals surface area (Å²) in [5.74, 6) is 0.627. The minimum atomic E-state index is -0.0879. The zero-order valence-corrected chi connectivity index (χ0v) is 18.7. The average molecular weight is 430 g/mol. The number of carbonyl (C=O) groups is 1. The lowest BCUT2D eigenvalue weighted by atomic mass is 10.1. The highest BCUT2D eigenvalue weighted by molar-refractivity contribution is 5.95. The molecular formula is C27H31N3O2. The molecule has 1 unspecified atom stereocenters. The third-order valence-electron chi connectivity index (χ3n) is 6.73. The molecule has 0 aliphatic carbocycles. The zero-order chi connectivity index (χ0) is 21.9. The lowest BCUT2D eigenvalue weighted by molar-refractivity contribution is 0.0949. The minimum Gasteiger partial charge on any atom is -0.467 e. The molecule has 1 fully saturated rings. The number of nitrogens with zero attached hydrogens (tertiary/aromatic N) is 2. The predicted octanol–water partition coefficient (Wildman–Crippen LogP) is 4.76. The molecule has 1 amide bonds. The Kier molecular flexibility index (Phi) is 5.99. The quantitative estimate of drug-likeness (QED) is 0.589. The largest absolute Gasteiger partial charge is 0.467 e. The second-order valence-corrected chi connectivity index (χ2v) is 9.05. The topological polar surface area (TPSA) is 48.7 Å². The van der Waals surface area contributed by atoms with Crippen LogP contribution < -0.4 is 10.2 Å². The van der Waals surface area contributed by atoms with Crippen molar-refractivity contribution in [3.63, 3.8) is 0 Å². The lowest BCUT2D eigenvalue weighted by Crippen LogP contribution is -2.30. The van der Waals surface area contributed by atoms with Crippen molar-refractivity contribution in [2.75, 3.05) is 18.0 Å². The molecule has 1 saturated heterocycles. The van der Waals surface area contributed by atoms with Gasteiger partial charge in [-0.25, -0.2) is 0 Å². The van der Waals surface area contributed by atoms with E-state index < -0.39 is 0 Å². The van der Waals surface area contributed by atoms with Crippen LogP contribution in [0.3, 0.4) is 0 Å². The van der Waals surface area contributed by atoms with Crippen molar-refractivity contribution < 1.29 is 9.21 Å². The van der Waals surface area contributed by atoms with Crippen LogP contribution in [0.2, 0.25) is 0 Å². The maximum Gasteiger partial charge on any atom is 0.255 e. The number of hydrogen-bond acceptors (Lipinski definition) is 4. The highest BCUT2D eigenvalue weighted by Crippen LogP contribution is 2.33. The SMILES string of the molecule is CC1Cc2ccccc2N1Cc1occc1C(=O)NCc1ccc(CN2CCCC2)cc1. The van der Waals surface area contributed by atoms with Crippen LogP contribution in [-0.2, 0) is 26.1 Å². The summed E-state index contributed by atoms with van der Waals surface area (Å²) in [6.45, 7) is 6.74. The number of hydrogen-bond donors (Lipinski definition) is 1. The van der Waals surface area contributed by atoms with Gasteiger partial charge in [-0.05, 0) is 68.1 Å². The summed E-state index contributed by atoms with van der Waals surface area (Å²) in [5, 5.41) is 3.06. The van der Waals surface area contributed by atoms with Crippen LogP contribution in [0.5, 0.6) is 0 Å². The molecule has 166 valence electrons. The van der Waals surface area contributed by atoms with Gasteiger partial charge < -0.3 is 14.6 Å². The number of benzene rings is 2. The number of rotatable bonds is 7. The van der Waals surface area contributed by atoms with Gasteiger partial charge in [-0.15, -0.1) is 0 Å². The van der Waals surface area contributed by atoms with Gasteiger partial charge in [0.15, 0.2) is 0 Å². The first-order chi connectivity index (χ1) is 15.7. The summed E-state index contributed by atoms with van der Waals surface area (Å²) in [5.41, 5.74) is 5.64. The average Bonchev–Trinajstić information content (AvgIpc) is 3.55. The Morgan fingerprint density at radius 2 is 1.75 bits per heavy atom. The van der Waals surface area contributed by atoms with E-state index in [1.54, 1.807) is 12.3 Å². The van der Waals surface area contributed by atoms with Crippen LogP contribution in [0.15, 0.2) is 65.3 Å². The van der Waals surface area contributed by atoms with Crippen LogP contribution in [-0.4, -0.2) is 29.9 Å². The van der Waals surface area contributed by atoms with E-state index >= 15 is 0 Å². The number of para-hydroxylation sites is 1. The Labute approximate surface area is 190 Å². The van der Waals surface area contributed by atoms with Crippen molar-refractivity contribution in [1.29, 1.82) is 0 Å². The molecule has 3 aromatic rings. The first-order valence-electron chi connectivity index (χ1n) is 11.7. The van der Waals surface area contributed by atoms with Crippen LogP contribution in [0.25, 0.3) is 0 Å². The first-order valence-corrected chi connectivity index (χ1v) is 11.7. The third kappa shape index (κ3) is 4.44. The van der Waals surface area contributed by atoms with Gasteiger partial charge in [0, 0.05) is 24.8 Å². The smallest absolute Gasteiger partial charge is 0.255 e. The molecule has 3 heterocycles. The van der Waals surface area contributed by atoms with Crippen LogP contribution >= 0.6 is 0 Å². The minimum absolute atomic E-state index is 0.0879. The van der Waals surface area contributed by atoms with Crippen molar-refractivity contribution in [1.82, 2.24) is 10.2 Å². The summed E-state index contributed by atoms with van der Waals surface area (Å²) in [7, 11) is 0. The Morgan fingerprint density at radius 3 is 2.56 bits per heavy atom. The third-order valence-corrected chi connectivity index (χ3v) is 6.73. The molecule has 0 spiro atoms. The predicted molar refractivity (Wildman–Crippen MR) is 127 cm³/mol. The van der Waals surface area contributed by atoms with Gasteiger partial charge in [0.2, 0.25) is 0 Å². The molecule has 0 bridgehead atoms. The van der Waals surface area contributed by atoms with E-state index in [0.717, 1.165) is 18.5 Å². The number of anilines is 1. The summed E-state index contributed by atoms with van der Waals surface area (Å²) in [6, 6.07) is 19.2. The van der Waals surface area contributed by atoms with Gasteiger partial charge in [-0.3, -0.25) is 9.69 Å². The summed E-state index contributed by atoms with van der Waals surface area (Å²) >= 11 is 0. The molecule has 1 N–H and O–H groups in total. The summed E-state index contributed by atoms with van der Waals surface area (Å²) in [4.78, 5) is 17.7. The standard InChI is InChI=1S/C27H31N3O2/c1-20-16-23-6-2-3-7-25(23)30(20)19-26-24(12-15-32-26)27(31)28-17-21-8-10-22(11-9-21)18-29-13-4-5-14-29/h2-3,6-12,15,20H,4-5,13-14,16-19H2,1H3,(H,28,31). The molecule has 2 aliphatic heterocycles. The number of nitrogens with one attached hydrogen (secondary N) is 1. The van der Waals surface area contributed by atoms with Crippen LogP contribution in [0.1, 0.15) is 52.6 Å². The monoisotopic (exact) mass is 429 g/mol. The fourth-order valence-corrected chi connectivity index (χ4v) is 4.93. The molecule has 5 heteroatoms. The van der Waals surface area contributed by atoms with Crippen molar-refractivity contribution in [2.45, 2.75) is 51.9 Å². The van der Waals surface area contributed by atoms with E-state index in [9.17, 15) is 4.79 Å². The van der Waals surface area contributed by atoms with Gasteiger partial charge in [-0.2, -0.15) is 0 Å². The molecule has 1 aromatic heterocycles. The van der Waals surface area contributed by atoms with E-state index in [1.165, 1.54) is 42.7 Å². The number of carbonyl (C=O) groups excluding carboxylic acids is 1. The van der Waals surface area contributed by atoms with Gasteiger partial charge in [-0.1, -0.05) is 42.5 Å². The highest BCUT2D eigenvalue weighted by Gasteiger charge is 2.28. The molecule has 5 nitrogen and oxygen atoms in total. The molecule has 0 radical (unpaired) electrons. The van der Waals surface area contributed by atoms with Gasteiger partial charge in [0.25, 0.3) is 5.91 Å². The maximum atomic E-state index is 12.9. The van der Waals surface area contributed by atoms with Crippen molar-refractivity contribution in [3.05, 3.63) is 88.9 Å². The van der Waals surface area contributed by atoms with Crippen molar-refractivity contribution in [3.8, 4) is 0 Å². The van der Waals surface area contributed by atoms with E-state index in [2.05, 4.69) is 70.6 Å². The first kappa shape index (κ1) is 20.8. The van der Waals surface area contributed by atoms with E-state index in [1.807, 2.05) is 0 Å². The number of furan rings is 1. The zero-order valence-electron chi connectivity index (χ0n) is 18.7. The number of likely N-dealkylation sites (tertiary alicyclic amines) is 1. The van der Waals surface area contributed by atoms with E-state index in [0.29, 0.717) is 30.5 Å². The van der Waals surface area contributed by atoms with E-state index in [-0.39, 0.29) is 5.91 Å². The molecule has 5 rings (SSSR count). The molecule has 1 atom stereocenters. The molecule has 2 aliphatic rings. The van der Waals surface area contributed by atoms with Gasteiger partial charge in [0.05, 0.1) is 18.4 Å². The normalized spacial score (nSPS) is 18.2. The van der Waals surface area contributed by atoms with Crippen molar-refractivity contribution in [2.24, 2.45) is 0 Å². The number of fused-ring (bicyclic) bond motifs is 1. The highest BCUT2D eigenvalue weighted by atomic mass is 16.3. The fourth-order valence-electron chi connectivity index (χ4n) is 4.93. The lowest BCUT2D eigenvalue weighted by Gasteiger charge is -2.24. The molecule has 2 aromatic carbocycles. The Hall–Kier alpha value is -3.05. The second-order valence-electron chi connectivity index (χ2n) is 9.05. The van der Waals surface area contributed by atoms with Gasteiger partial charge >= 0.3 is 0 Å². The molecular weight excluding hydrogens is 398 g/mol. The van der Waals surface area contributed by atoms with E-state index in [4.69, 9.17) is 4.42 Å². The maximum absolute atomic E-state index is 12.9. The molecule has 32 heavy (non-hydrogen) atoms. The summed E-state index contributed by atoms with van der Waals surface area (Å²) in [6.07, 6.45) is 5.25. The second kappa shape index (κ2) is 9.21. The fraction of sp³-hybridized carbons (Fsp3) is 0.370. The van der Waals surface area contributed by atoms with Crippen LogP contribution in [0.4, 0.5) is 5.69 Å². The van der Waals surface area contributed by atoms with Gasteiger partial charge in [0.1, 0.15) is 5.76 Å². The van der Waals surface area contributed by atoms with Crippen LogP contribution in [0, 0.1) is 0 Å². The Bertz CT molecular complexity index is 1070. The Balaban J connectivity index is 1.19. The van der Waals surface area contributed by atoms with Crippen molar-refractivity contribution >= 4 is 11.6 Å².